The van der Waals surface area contributed by atoms with E-state index in [1.165, 1.54) is 10.4 Å². The maximum atomic E-state index is 14.2. The lowest BCUT2D eigenvalue weighted by atomic mass is 9.99. The third kappa shape index (κ3) is 10.3. The molecular formula is C28H42FN3O5S. The van der Waals surface area contributed by atoms with Gasteiger partial charge in [-0.05, 0) is 61.1 Å². The number of aryl methyl sites for hydroxylation is 1. The maximum Gasteiger partial charge on any atom is 0.221 e. The second kappa shape index (κ2) is 15.8. The fraction of sp³-hybridized carbons (Fsp3) is 0.536. The first-order valence-electron chi connectivity index (χ1n) is 13.1. The van der Waals surface area contributed by atoms with Gasteiger partial charge in [0.25, 0.3) is 0 Å². The van der Waals surface area contributed by atoms with E-state index in [4.69, 9.17) is 4.74 Å². The molecule has 0 spiro atoms. The van der Waals surface area contributed by atoms with Crippen LogP contribution in [0.15, 0.2) is 42.5 Å². The molecule has 0 heterocycles. The summed E-state index contributed by atoms with van der Waals surface area (Å²) in [7, 11) is -1.99. The summed E-state index contributed by atoms with van der Waals surface area (Å²) in [4.78, 5) is 12.8. The molecule has 0 aliphatic carbocycles. The van der Waals surface area contributed by atoms with E-state index in [0.717, 1.165) is 11.3 Å². The molecule has 0 radical (unpaired) electrons. The second-order valence-electron chi connectivity index (χ2n) is 9.48. The van der Waals surface area contributed by atoms with Crippen LogP contribution in [-0.4, -0.2) is 68.4 Å². The number of halogens is 1. The third-order valence-electron chi connectivity index (χ3n) is 6.25. The van der Waals surface area contributed by atoms with Gasteiger partial charge in [0.15, 0.2) is 0 Å². The molecule has 38 heavy (non-hydrogen) atoms. The number of aliphatic hydroxyl groups excluding tert-OH is 1. The van der Waals surface area contributed by atoms with Crippen LogP contribution in [0, 0.1) is 12.7 Å². The highest BCUT2D eigenvalue weighted by Crippen LogP contribution is 2.14. The minimum Gasteiger partial charge on any atom is -0.497 e. The number of carbonyl (C=O) groups excluding carboxylic acids is 1. The van der Waals surface area contributed by atoms with Crippen molar-refractivity contribution in [1.82, 2.24) is 14.9 Å². The Morgan fingerprint density at radius 2 is 1.82 bits per heavy atom. The Labute approximate surface area is 226 Å². The van der Waals surface area contributed by atoms with Gasteiger partial charge in [0, 0.05) is 32.6 Å². The van der Waals surface area contributed by atoms with Crippen molar-refractivity contribution in [2.24, 2.45) is 0 Å². The Morgan fingerprint density at radius 3 is 2.45 bits per heavy atom. The van der Waals surface area contributed by atoms with E-state index in [-0.39, 0.29) is 31.0 Å². The van der Waals surface area contributed by atoms with E-state index in [1.54, 1.807) is 26.2 Å². The van der Waals surface area contributed by atoms with Gasteiger partial charge in [-0.25, -0.2) is 17.1 Å². The molecule has 0 saturated heterocycles. The Balaban J connectivity index is 2.06. The Hall–Kier alpha value is -2.53. The fourth-order valence-electron chi connectivity index (χ4n) is 4.11. The lowest BCUT2D eigenvalue weighted by Crippen LogP contribution is -2.49. The summed E-state index contributed by atoms with van der Waals surface area (Å²) in [5, 5.41) is 16.9. The third-order valence-corrected chi connectivity index (χ3v) is 8.12. The Bertz CT molecular complexity index is 1120. The van der Waals surface area contributed by atoms with Crippen molar-refractivity contribution in [3.63, 3.8) is 0 Å². The number of hydrogen-bond donors (Lipinski definition) is 3. The molecule has 0 aliphatic heterocycles. The van der Waals surface area contributed by atoms with Crippen LogP contribution in [0.2, 0.25) is 0 Å². The van der Waals surface area contributed by atoms with Crippen LogP contribution in [0.4, 0.5) is 4.39 Å². The van der Waals surface area contributed by atoms with Crippen molar-refractivity contribution < 1.29 is 27.4 Å². The SMILES string of the molecule is CCCN(CCC)S(=O)(=O)CCC(=O)N[C@@H](Cc1ccc(C)c(F)c1)[C@H](O)CNCc1cccc(OC)c1. The van der Waals surface area contributed by atoms with Gasteiger partial charge in [-0.15, -0.1) is 0 Å². The van der Waals surface area contributed by atoms with Gasteiger partial charge >= 0.3 is 0 Å². The molecule has 0 bridgehead atoms. The van der Waals surface area contributed by atoms with Crippen LogP contribution in [0.25, 0.3) is 0 Å². The zero-order valence-electron chi connectivity index (χ0n) is 22.9. The smallest absolute Gasteiger partial charge is 0.221 e. The zero-order chi connectivity index (χ0) is 28.1. The molecule has 2 aromatic carbocycles. The number of sulfonamides is 1. The number of carbonyl (C=O) groups is 1. The normalized spacial score (nSPS) is 13.3. The molecule has 2 aromatic rings. The van der Waals surface area contributed by atoms with Crippen molar-refractivity contribution in [3.05, 3.63) is 65.0 Å². The van der Waals surface area contributed by atoms with Gasteiger partial charge in [-0.1, -0.05) is 38.1 Å². The molecule has 0 aliphatic rings. The van der Waals surface area contributed by atoms with Crippen molar-refractivity contribution in [2.75, 3.05) is 32.5 Å². The summed E-state index contributed by atoms with van der Waals surface area (Å²) in [5.74, 6) is -0.431. The van der Waals surface area contributed by atoms with E-state index in [1.807, 2.05) is 38.1 Å². The van der Waals surface area contributed by atoms with E-state index in [0.29, 0.717) is 43.6 Å². The molecule has 2 atom stereocenters. The lowest BCUT2D eigenvalue weighted by Gasteiger charge is -2.25. The first kappa shape index (κ1) is 31.7. The molecule has 10 heteroatoms. The van der Waals surface area contributed by atoms with Crippen LogP contribution in [0.3, 0.4) is 0 Å². The average Bonchev–Trinajstić information content (AvgIpc) is 2.89. The summed E-state index contributed by atoms with van der Waals surface area (Å²) >= 11 is 0. The molecule has 8 nitrogen and oxygen atoms in total. The highest BCUT2D eigenvalue weighted by Gasteiger charge is 2.25. The van der Waals surface area contributed by atoms with Gasteiger partial charge < -0.3 is 20.5 Å². The van der Waals surface area contributed by atoms with Crippen molar-refractivity contribution >= 4 is 15.9 Å². The van der Waals surface area contributed by atoms with E-state index in [9.17, 15) is 22.7 Å². The van der Waals surface area contributed by atoms with Gasteiger partial charge in [0.2, 0.25) is 15.9 Å². The number of methoxy groups -OCH3 is 1. The van der Waals surface area contributed by atoms with Gasteiger partial charge in [0.05, 0.1) is 25.0 Å². The summed E-state index contributed by atoms with van der Waals surface area (Å²) in [6.45, 7) is 6.94. The first-order chi connectivity index (χ1) is 18.1. The Kier molecular flexibility index (Phi) is 13.2. The van der Waals surface area contributed by atoms with Crippen molar-refractivity contribution in [3.8, 4) is 5.75 Å². The van der Waals surface area contributed by atoms with Crippen LogP contribution < -0.4 is 15.4 Å². The number of aliphatic hydroxyl groups is 1. The largest absolute Gasteiger partial charge is 0.497 e. The highest BCUT2D eigenvalue weighted by atomic mass is 32.2. The summed E-state index contributed by atoms with van der Waals surface area (Å²) in [6, 6.07) is 11.6. The average molecular weight is 552 g/mol. The maximum absolute atomic E-state index is 14.2. The van der Waals surface area contributed by atoms with Crippen molar-refractivity contribution in [2.45, 2.75) is 65.1 Å². The molecule has 212 valence electrons. The van der Waals surface area contributed by atoms with Crippen LogP contribution in [0.1, 0.15) is 49.8 Å². The molecular weight excluding hydrogens is 509 g/mol. The monoisotopic (exact) mass is 551 g/mol. The lowest BCUT2D eigenvalue weighted by molar-refractivity contribution is -0.122. The highest BCUT2D eigenvalue weighted by molar-refractivity contribution is 7.89. The number of benzene rings is 2. The molecule has 0 unspecified atom stereocenters. The number of nitrogens with one attached hydrogen (secondary N) is 2. The summed E-state index contributed by atoms with van der Waals surface area (Å²) in [5.41, 5.74) is 2.09. The minimum absolute atomic E-state index is 0.162. The molecule has 0 saturated carbocycles. The van der Waals surface area contributed by atoms with Gasteiger partial charge in [-0.2, -0.15) is 0 Å². The van der Waals surface area contributed by atoms with Crippen LogP contribution in [0.5, 0.6) is 5.75 Å². The minimum atomic E-state index is -3.58. The van der Waals surface area contributed by atoms with E-state index >= 15 is 0 Å². The Morgan fingerprint density at radius 1 is 1.11 bits per heavy atom. The fourth-order valence-corrected chi connectivity index (χ4v) is 5.73. The first-order valence-corrected chi connectivity index (χ1v) is 14.7. The molecule has 3 N–H and O–H groups in total. The number of nitrogens with zero attached hydrogens (tertiary/aromatic N) is 1. The standard InChI is InChI=1S/C28H42FN3O5S/c1-5-13-32(14-6-2)38(35,36)15-12-28(34)31-26(18-22-11-10-21(3)25(29)17-22)27(33)20-30-19-23-8-7-9-24(16-23)37-4/h7-11,16-17,26-27,30,33H,5-6,12-15,18-20H2,1-4H3,(H,31,34)/t26-,27+/m0/s1. The zero-order valence-corrected chi connectivity index (χ0v) is 23.7. The molecule has 1 amide bonds. The molecule has 2 rings (SSSR count). The molecule has 0 aromatic heterocycles. The number of rotatable bonds is 17. The summed E-state index contributed by atoms with van der Waals surface area (Å²) < 4.78 is 46.3. The van der Waals surface area contributed by atoms with Crippen LogP contribution in [-0.2, 0) is 27.8 Å². The predicted octanol–water partition coefficient (Wildman–Crippen LogP) is 3.16. The van der Waals surface area contributed by atoms with E-state index in [2.05, 4.69) is 10.6 Å². The number of hydrogen-bond acceptors (Lipinski definition) is 6. The predicted molar refractivity (Wildman–Crippen MR) is 148 cm³/mol. The topological polar surface area (TPSA) is 108 Å². The van der Waals surface area contributed by atoms with Gasteiger partial charge in [-0.3, -0.25) is 4.79 Å². The quantitative estimate of drug-likeness (QED) is 0.279. The second-order valence-corrected chi connectivity index (χ2v) is 11.6. The van der Waals surface area contributed by atoms with E-state index < -0.39 is 28.1 Å². The number of ether oxygens (including phenoxy) is 1. The molecule has 0 fully saturated rings. The van der Waals surface area contributed by atoms with Gasteiger partial charge in [0.1, 0.15) is 11.6 Å². The van der Waals surface area contributed by atoms with Crippen molar-refractivity contribution in [1.29, 1.82) is 0 Å². The number of amides is 1. The summed E-state index contributed by atoms with van der Waals surface area (Å²) in [6.07, 6.45) is 0.345. The van der Waals surface area contributed by atoms with Crippen LogP contribution >= 0.6 is 0 Å².